The maximum absolute atomic E-state index is 8.14. The Balaban J connectivity index is 2.57. The zero-order valence-electron chi connectivity index (χ0n) is 5.30. The lowest BCUT2D eigenvalue weighted by atomic mass is 10.2. The second-order valence-electron chi connectivity index (χ2n) is 1.94. The third kappa shape index (κ3) is 1.89. The number of nitrogens with zero attached hydrogens (tertiary/aromatic N) is 1. The fourth-order valence-electron chi connectivity index (χ4n) is 0.736. The number of hydrogen-bond donors (Lipinski definition) is 0. The van der Waals surface area contributed by atoms with E-state index in [0.29, 0.717) is 0 Å². The van der Waals surface area contributed by atoms with E-state index >= 15 is 0 Å². The van der Waals surface area contributed by atoms with Gasteiger partial charge in [-0.25, -0.2) is 0 Å². The molecule has 0 atom stereocenters. The Morgan fingerprint density at radius 1 is 1.50 bits per heavy atom. The van der Waals surface area contributed by atoms with Gasteiger partial charge in [0.15, 0.2) is 0 Å². The van der Waals surface area contributed by atoms with Gasteiger partial charge in [0.2, 0.25) is 0 Å². The molecule has 52 valence electrons. The van der Waals surface area contributed by atoms with Gasteiger partial charge in [0, 0.05) is 6.42 Å². The van der Waals surface area contributed by atoms with Gasteiger partial charge in [-0.1, -0.05) is 15.9 Å². The van der Waals surface area contributed by atoms with Crippen molar-refractivity contribution in [1.82, 2.24) is 0 Å². The van der Waals surface area contributed by atoms with Crippen LogP contribution in [0, 0.1) is 11.5 Å². The highest BCUT2D eigenvalue weighted by Crippen LogP contribution is 2.22. The van der Waals surface area contributed by atoms with Crippen LogP contribution in [0.5, 0.6) is 0 Å². The first kappa shape index (κ1) is 7.36. The van der Waals surface area contributed by atoms with E-state index < -0.39 is 0 Å². The second-order valence-corrected chi connectivity index (χ2v) is 2.96. The first-order valence-electron chi connectivity index (χ1n) is 2.94. The minimum absolute atomic E-state index is 0.741. The largest absolute Gasteiger partial charge is 0.393 e. The minimum atomic E-state index is 0.741. The van der Waals surface area contributed by atoms with E-state index in [9.17, 15) is 0 Å². The molecule has 0 aromatic carbocycles. The lowest BCUT2D eigenvalue weighted by molar-refractivity contribution is 0.355. The van der Waals surface area contributed by atoms with Crippen LogP contribution < -0.4 is 0 Å². The molecule has 1 aliphatic rings. The van der Waals surface area contributed by atoms with Gasteiger partial charge in [-0.05, 0) is 23.1 Å². The molecule has 0 N–H and O–H groups in total. The van der Waals surface area contributed by atoms with Gasteiger partial charge in [0.1, 0.15) is 5.76 Å². The molecule has 3 heteroatoms. The van der Waals surface area contributed by atoms with Gasteiger partial charge < -0.3 is 4.74 Å². The molecule has 0 amide bonds. The number of allylic oxidation sites excluding steroid dienone is 4. The number of rotatable bonds is 1. The topological polar surface area (TPSA) is 33.0 Å². The summed E-state index contributed by atoms with van der Waals surface area (Å²) in [7, 11) is 0. The van der Waals surface area contributed by atoms with Crippen LogP contribution in [-0.4, -0.2) is 0 Å². The summed E-state index contributed by atoms with van der Waals surface area (Å²) < 4.78 is 5.78. The Kier molecular flexibility index (Phi) is 2.52. The highest BCUT2D eigenvalue weighted by molar-refractivity contribution is 9.11. The maximum Gasteiger partial charge on any atom is 0.291 e. The fourth-order valence-corrected chi connectivity index (χ4v) is 1.07. The molecule has 10 heavy (non-hydrogen) atoms. The summed E-state index contributed by atoms with van der Waals surface area (Å²) in [6.45, 7) is 0. The van der Waals surface area contributed by atoms with Crippen LogP contribution >= 0.6 is 15.9 Å². The Bertz CT molecular complexity index is 224. The number of nitriles is 1. The maximum atomic E-state index is 8.14. The van der Waals surface area contributed by atoms with Crippen molar-refractivity contribution in [3.63, 3.8) is 0 Å². The number of ether oxygens (including phenoxy) is 1. The van der Waals surface area contributed by atoms with Crippen molar-refractivity contribution in [2.45, 2.75) is 12.8 Å². The predicted molar refractivity (Wildman–Crippen MR) is 41.0 cm³/mol. The van der Waals surface area contributed by atoms with Crippen molar-refractivity contribution in [3.05, 3.63) is 22.4 Å². The summed E-state index contributed by atoms with van der Waals surface area (Å²) in [5, 5.41) is 8.14. The molecule has 0 saturated heterocycles. The Morgan fingerprint density at radius 2 is 2.30 bits per heavy atom. The SMILES string of the molecule is N#COC1=CC=C(Br)CC1. The molecular formula is C7H6BrNO. The zero-order valence-corrected chi connectivity index (χ0v) is 6.89. The highest BCUT2D eigenvalue weighted by Gasteiger charge is 2.03. The molecule has 2 nitrogen and oxygen atoms in total. The summed E-state index contributed by atoms with van der Waals surface area (Å²) in [4.78, 5) is 0. The third-order valence-electron chi connectivity index (χ3n) is 1.24. The standard InChI is InChI=1S/C7H6BrNO/c8-6-1-3-7(4-2-6)10-5-9/h1,3H,2,4H2. The zero-order chi connectivity index (χ0) is 7.40. The summed E-state index contributed by atoms with van der Waals surface area (Å²) in [6, 6.07) is 0. The lowest BCUT2D eigenvalue weighted by Crippen LogP contribution is -1.90. The molecule has 0 aromatic heterocycles. The molecule has 1 aliphatic carbocycles. The van der Waals surface area contributed by atoms with E-state index in [2.05, 4.69) is 20.7 Å². The van der Waals surface area contributed by atoms with Crippen LogP contribution in [0.1, 0.15) is 12.8 Å². The summed E-state index contributed by atoms with van der Waals surface area (Å²) >= 11 is 3.34. The molecule has 0 heterocycles. The van der Waals surface area contributed by atoms with E-state index in [0.717, 1.165) is 23.1 Å². The van der Waals surface area contributed by atoms with Crippen LogP contribution in [0.4, 0.5) is 0 Å². The summed E-state index contributed by atoms with van der Waals surface area (Å²) in [5.41, 5.74) is 0. The predicted octanol–water partition coefficient (Wildman–Crippen LogP) is 2.44. The second kappa shape index (κ2) is 3.43. The van der Waals surface area contributed by atoms with Gasteiger partial charge in [-0.3, -0.25) is 0 Å². The molecule has 0 fully saturated rings. The van der Waals surface area contributed by atoms with Gasteiger partial charge in [-0.2, -0.15) is 0 Å². The molecule has 1 rings (SSSR count). The molecular weight excluding hydrogens is 194 g/mol. The van der Waals surface area contributed by atoms with Crippen molar-refractivity contribution >= 4 is 15.9 Å². The van der Waals surface area contributed by atoms with Crippen LogP contribution in [0.15, 0.2) is 22.4 Å². The Hall–Kier alpha value is -0.750. The molecule has 0 aromatic rings. The quantitative estimate of drug-likeness (QED) is 0.609. The van der Waals surface area contributed by atoms with Crippen molar-refractivity contribution < 1.29 is 4.74 Å². The van der Waals surface area contributed by atoms with Crippen molar-refractivity contribution in [2.24, 2.45) is 0 Å². The van der Waals surface area contributed by atoms with E-state index in [1.807, 2.05) is 6.08 Å². The average molecular weight is 200 g/mol. The minimum Gasteiger partial charge on any atom is -0.393 e. The summed E-state index contributed by atoms with van der Waals surface area (Å²) in [5.74, 6) is 0.741. The van der Waals surface area contributed by atoms with E-state index in [4.69, 9.17) is 5.26 Å². The molecule has 0 radical (unpaired) electrons. The Labute approximate surface area is 67.9 Å². The van der Waals surface area contributed by atoms with Gasteiger partial charge in [-0.15, -0.1) is 5.26 Å². The first-order chi connectivity index (χ1) is 4.83. The van der Waals surface area contributed by atoms with E-state index in [-0.39, 0.29) is 0 Å². The van der Waals surface area contributed by atoms with Crippen LogP contribution in [-0.2, 0) is 4.74 Å². The van der Waals surface area contributed by atoms with Crippen LogP contribution in [0.3, 0.4) is 0 Å². The van der Waals surface area contributed by atoms with E-state index in [1.54, 1.807) is 12.3 Å². The molecule has 0 unspecified atom stereocenters. The van der Waals surface area contributed by atoms with Gasteiger partial charge in [0.25, 0.3) is 6.26 Å². The highest BCUT2D eigenvalue weighted by atomic mass is 79.9. The normalized spacial score (nSPS) is 16.8. The van der Waals surface area contributed by atoms with Crippen LogP contribution in [0.25, 0.3) is 0 Å². The summed E-state index contributed by atoms with van der Waals surface area (Å²) in [6.07, 6.45) is 7.08. The third-order valence-corrected chi connectivity index (χ3v) is 1.90. The van der Waals surface area contributed by atoms with Crippen molar-refractivity contribution in [2.75, 3.05) is 0 Å². The smallest absolute Gasteiger partial charge is 0.291 e. The number of halogens is 1. The molecule has 0 saturated carbocycles. The van der Waals surface area contributed by atoms with Gasteiger partial charge in [0.05, 0.1) is 0 Å². The molecule has 0 aliphatic heterocycles. The monoisotopic (exact) mass is 199 g/mol. The molecule has 0 bridgehead atoms. The van der Waals surface area contributed by atoms with Crippen molar-refractivity contribution in [1.29, 1.82) is 5.26 Å². The van der Waals surface area contributed by atoms with Crippen molar-refractivity contribution in [3.8, 4) is 6.26 Å². The Morgan fingerprint density at radius 3 is 2.80 bits per heavy atom. The molecule has 0 spiro atoms. The lowest BCUT2D eigenvalue weighted by Gasteiger charge is -2.05. The average Bonchev–Trinajstić information content (AvgIpc) is 1.95. The number of hydrogen-bond acceptors (Lipinski definition) is 2. The fraction of sp³-hybridized carbons (Fsp3) is 0.286. The van der Waals surface area contributed by atoms with Crippen LogP contribution in [0.2, 0.25) is 0 Å². The first-order valence-corrected chi connectivity index (χ1v) is 3.73. The van der Waals surface area contributed by atoms with E-state index in [1.165, 1.54) is 0 Å². The van der Waals surface area contributed by atoms with Gasteiger partial charge >= 0.3 is 0 Å².